The quantitative estimate of drug-likeness (QED) is 0.465. The summed E-state index contributed by atoms with van der Waals surface area (Å²) in [6.45, 7) is 4.86. The Labute approximate surface area is 208 Å². The molecular weight excluding hydrogens is 475 g/mol. The fraction of sp³-hybridized carbons (Fsp3) is 0.320. The van der Waals surface area contributed by atoms with Gasteiger partial charge in [-0.3, -0.25) is 14.5 Å². The Morgan fingerprint density at radius 3 is 2.56 bits per heavy atom. The van der Waals surface area contributed by atoms with Gasteiger partial charge in [-0.25, -0.2) is 4.98 Å². The van der Waals surface area contributed by atoms with Crippen molar-refractivity contribution >= 4 is 35.0 Å². The fourth-order valence-corrected chi connectivity index (χ4v) is 4.16. The third-order valence-electron chi connectivity index (χ3n) is 5.70. The van der Waals surface area contributed by atoms with Crippen LogP contribution < -0.4 is 10.6 Å². The largest absolute Gasteiger partial charge is 0.441 e. The van der Waals surface area contributed by atoms with Crippen molar-refractivity contribution in [3.8, 4) is 11.5 Å². The zero-order chi connectivity index (χ0) is 24.1. The molecule has 3 aromatic rings. The average molecular weight is 501 g/mol. The molecule has 0 spiro atoms. The fourth-order valence-electron chi connectivity index (χ4n) is 3.84. The number of amides is 2. The van der Waals surface area contributed by atoms with Crippen molar-refractivity contribution in [3.63, 3.8) is 0 Å². The van der Waals surface area contributed by atoms with Gasteiger partial charge in [-0.2, -0.15) is 0 Å². The summed E-state index contributed by atoms with van der Waals surface area (Å²) in [5.74, 6) is 0.971. The van der Waals surface area contributed by atoms with Gasteiger partial charge < -0.3 is 15.1 Å². The predicted octanol–water partition coefficient (Wildman–Crippen LogP) is 3.86. The van der Waals surface area contributed by atoms with Crippen LogP contribution in [-0.2, 0) is 22.6 Å². The molecule has 0 saturated carbocycles. The van der Waals surface area contributed by atoms with Gasteiger partial charge in [0, 0.05) is 37.7 Å². The number of benzene rings is 2. The lowest BCUT2D eigenvalue weighted by molar-refractivity contribution is -0.126. The highest BCUT2D eigenvalue weighted by atomic mass is 35.5. The van der Waals surface area contributed by atoms with Gasteiger partial charge in [0.05, 0.1) is 28.7 Å². The molecule has 1 aliphatic rings. The van der Waals surface area contributed by atoms with Gasteiger partial charge in [-0.05, 0) is 36.8 Å². The van der Waals surface area contributed by atoms with Crippen molar-refractivity contribution in [2.24, 2.45) is 5.92 Å². The number of hydrogen-bond donors (Lipinski definition) is 2. The first-order valence-electron chi connectivity index (χ1n) is 11.1. The van der Waals surface area contributed by atoms with E-state index in [2.05, 4.69) is 20.5 Å². The van der Waals surface area contributed by atoms with Gasteiger partial charge >= 0.3 is 0 Å². The second kappa shape index (κ2) is 11.0. The highest BCUT2D eigenvalue weighted by Gasteiger charge is 2.27. The first kappa shape index (κ1) is 24.3. The third-order valence-corrected chi connectivity index (χ3v) is 6.44. The Morgan fingerprint density at radius 2 is 1.82 bits per heavy atom. The maximum absolute atomic E-state index is 12.3. The van der Waals surface area contributed by atoms with Gasteiger partial charge in [-0.15, -0.1) is 0 Å². The molecule has 0 aliphatic carbocycles. The highest BCUT2D eigenvalue weighted by Crippen LogP contribution is 2.25. The van der Waals surface area contributed by atoms with Crippen LogP contribution in [0.5, 0.6) is 0 Å². The van der Waals surface area contributed by atoms with Crippen LogP contribution in [0.25, 0.3) is 11.5 Å². The van der Waals surface area contributed by atoms with Crippen molar-refractivity contribution < 1.29 is 14.0 Å². The Balaban J connectivity index is 1.14. The average Bonchev–Trinajstić information content (AvgIpc) is 3.16. The minimum Gasteiger partial charge on any atom is -0.441 e. The van der Waals surface area contributed by atoms with E-state index in [-0.39, 0.29) is 24.8 Å². The van der Waals surface area contributed by atoms with E-state index in [1.165, 1.54) is 0 Å². The number of nitrogens with one attached hydrogen (secondary N) is 2. The van der Waals surface area contributed by atoms with Gasteiger partial charge in [0.15, 0.2) is 0 Å². The van der Waals surface area contributed by atoms with Crippen LogP contribution in [0.4, 0.5) is 0 Å². The van der Waals surface area contributed by atoms with E-state index in [0.29, 0.717) is 39.9 Å². The molecule has 1 aromatic heterocycles. The van der Waals surface area contributed by atoms with E-state index < -0.39 is 0 Å². The summed E-state index contributed by atoms with van der Waals surface area (Å²) in [6, 6.07) is 15.2. The van der Waals surface area contributed by atoms with E-state index in [1.807, 2.05) is 42.5 Å². The molecule has 2 aromatic carbocycles. The van der Waals surface area contributed by atoms with E-state index in [4.69, 9.17) is 27.6 Å². The molecule has 4 rings (SSSR count). The lowest BCUT2D eigenvalue weighted by Gasteiger charge is -2.39. The number of carbonyl (C=O) groups excluding carboxylic acids is 2. The van der Waals surface area contributed by atoms with E-state index in [1.54, 1.807) is 13.0 Å². The molecule has 2 amide bonds. The van der Waals surface area contributed by atoms with Crippen molar-refractivity contribution in [2.45, 2.75) is 19.9 Å². The molecule has 2 heterocycles. The monoisotopic (exact) mass is 500 g/mol. The minimum absolute atomic E-state index is 0.0573. The molecule has 9 heteroatoms. The van der Waals surface area contributed by atoms with Crippen LogP contribution in [0.2, 0.25) is 10.0 Å². The molecule has 1 saturated heterocycles. The van der Waals surface area contributed by atoms with Crippen LogP contribution in [0.3, 0.4) is 0 Å². The van der Waals surface area contributed by atoms with Crippen molar-refractivity contribution in [1.82, 2.24) is 20.5 Å². The van der Waals surface area contributed by atoms with E-state index >= 15 is 0 Å². The Morgan fingerprint density at radius 1 is 1.06 bits per heavy atom. The van der Waals surface area contributed by atoms with Gasteiger partial charge in [0.25, 0.3) is 0 Å². The normalized spacial score (nSPS) is 14.0. The van der Waals surface area contributed by atoms with Gasteiger partial charge in [-0.1, -0.05) is 47.5 Å². The number of rotatable bonds is 9. The molecule has 1 fully saturated rings. The van der Waals surface area contributed by atoms with Gasteiger partial charge in [0.2, 0.25) is 17.7 Å². The first-order chi connectivity index (χ1) is 16.4. The summed E-state index contributed by atoms with van der Waals surface area (Å²) in [5.41, 5.74) is 2.52. The van der Waals surface area contributed by atoms with Gasteiger partial charge in [0.1, 0.15) is 5.76 Å². The molecule has 1 aliphatic heterocycles. The number of oxazole rings is 1. The number of aromatic nitrogens is 1. The second-order valence-electron chi connectivity index (χ2n) is 8.45. The molecule has 178 valence electrons. The zero-order valence-corrected chi connectivity index (χ0v) is 20.3. The SMILES string of the molecule is Cc1oc(-c2ccccc2)nc1CC(=O)NCC(=O)NCC1CN(Cc2ccc(Cl)c(Cl)c2)C1. The molecule has 7 nitrogen and oxygen atoms in total. The number of aryl methyl sites for hydroxylation is 1. The summed E-state index contributed by atoms with van der Waals surface area (Å²) in [6.07, 6.45) is 0.0573. The number of nitrogens with zero attached hydrogens (tertiary/aromatic N) is 2. The summed E-state index contributed by atoms with van der Waals surface area (Å²) in [4.78, 5) is 31.1. The predicted molar refractivity (Wildman–Crippen MR) is 132 cm³/mol. The molecule has 2 N–H and O–H groups in total. The van der Waals surface area contributed by atoms with E-state index in [0.717, 1.165) is 30.8 Å². The third kappa shape index (κ3) is 6.38. The minimum atomic E-state index is -0.275. The molecule has 0 bridgehead atoms. The standard InChI is InChI=1S/C25H26Cl2N4O3/c1-16-22(30-25(34-16)19-5-3-2-4-6-19)10-23(32)29-12-24(33)28-11-18-14-31(15-18)13-17-7-8-20(26)21(27)9-17/h2-9,18H,10-15H2,1H3,(H,28,33)(H,29,32). The first-order valence-corrected chi connectivity index (χ1v) is 11.8. The topological polar surface area (TPSA) is 87.5 Å². The van der Waals surface area contributed by atoms with Crippen molar-refractivity contribution in [1.29, 1.82) is 0 Å². The molecule has 0 radical (unpaired) electrons. The maximum atomic E-state index is 12.3. The van der Waals surface area contributed by atoms with Crippen molar-refractivity contribution in [2.75, 3.05) is 26.2 Å². The number of likely N-dealkylation sites (tertiary alicyclic amines) is 1. The Hall–Kier alpha value is -2.87. The lowest BCUT2D eigenvalue weighted by Crippen LogP contribution is -2.51. The number of halogens is 2. The molecular formula is C25H26Cl2N4O3. The number of carbonyl (C=O) groups is 2. The second-order valence-corrected chi connectivity index (χ2v) is 9.27. The summed E-state index contributed by atoms with van der Waals surface area (Å²) >= 11 is 12.0. The summed E-state index contributed by atoms with van der Waals surface area (Å²) in [5, 5.41) is 6.65. The maximum Gasteiger partial charge on any atom is 0.239 e. The van der Waals surface area contributed by atoms with Crippen LogP contribution in [-0.4, -0.2) is 47.9 Å². The lowest BCUT2D eigenvalue weighted by atomic mass is 9.99. The van der Waals surface area contributed by atoms with Crippen molar-refractivity contribution in [3.05, 3.63) is 75.6 Å². The van der Waals surface area contributed by atoms with Crippen LogP contribution >= 0.6 is 23.2 Å². The zero-order valence-electron chi connectivity index (χ0n) is 18.8. The Bertz CT molecular complexity index is 1160. The highest BCUT2D eigenvalue weighted by molar-refractivity contribution is 6.42. The summed E-state index contributed by atoms with van der Waals surface area (Å²) in [7, 11) is 0. The van der Waals surface area contributed by atoms with Crippen LogP contribution in [0.1, 0.15) is 17.0 Å². The molecule has 34 heavy (non-hydrogen) atoms. The Kier molecular flexibility index (Phi) is 7.88. The summed E-state index contributed by atoms with van der Waals surface area (Å²) < 4.78 is 5.68. The van der Waals surface area contributed by atoms with E-state index in [9.17, 15) is 9.59 Å². The smallest absolute Gasteiger partial charge is 0.239 e. The molecule has 0 unspecified atom stereocenters. The number of hydrogen-bond acceptors (Lipinski definition) is 5. The molecule has 0 atom stereocenters. The van der Waals surface area contributed by atoms with Crippen LogP contribution in [0, 0.1) is 12.8 Å². The van der Waals surface area contributed by atoms with Crippen LogP contribution in [0.15, 0.2) is 52.9 Å².